The van der Waals surface area contributed by atoms with Crippen molar-refractivity contribution in [3.8, 4) is 5.75 Å². The summed E-state index contributed by atoms with van der Waals surface area (Å²) in [6.45, 7) is 9.40. The van der Waals surface area contributed by atoms with Gasteiger partial charge in [-0.2, -0.15) is 0 Å². The van der Waals surface area contributed by atoms with Crippen LogP contribution in [0.3, 0.4) is 0 Å². The molecule has 0 radical (unpaired) electrons. The molecule has 0 bridgehead atoms. The standard InChI is InChI=1S/C20H30N2O3/c1-19(2,3)25-18(23)21-12-9-20(10-13-21)11-14-22(15-20)16-7-5-6-8-17(16)24-4/h5-8H,9-15H2,1-4H3. The van der Waals surface area contributed by atoms with E-state index in [-0.39, 0.29) is 6.09 Å². The monoisotopic (exact) mass is 346 g/mol. The number of rotatable bonds is 2. The van der Waals surface area contributed by atoms with Gasteiger partial charge in [0.1, 0.15) is 11.4 Å². The molecule has 2 saturated heterocycles. The van der Waals surface area contributed by atoms with E-state index in [2.05, 4.69) is 17.0 Å². The van der Waals surface area contributed by atoms with Crippen LogP contribution in [0.1, 0.15) is 40.0 Å². The molecule has 3 rings (SSSR count). The first-order valence-corrected chi connectivity index (χ1v) is 9.18. The number of benzene rings is 1. The summed E-state index contributed by atoms with van der Waals surface area (Å²) < 4.78 is 11.0. The Labute approximate surface area is 150 Å². The fourth-order valence-corrected chi connectivity index (χ4v) is 3.93. The first-order valence-electron chi connectivity index (χ1n) is 9.18. The number of piperidine rings is 1. The largest absolute Gasteiger partial charge is 0.495 e. The highest BCUT2D eigenvalue weighted by molar-refractivity contribution is 5.68. The van der Waals surface area contributed by atoms with Crippen LogP contribution in [0.25, 0.3) is 0 Å². The number of hydrogen-bond donors (Lipinski definition) is 0. The molecule has 1 aromatic carbocycles. The minimum atomic E-state index is -0.430. The van der Waals surface area contributed by atoms with Crippen molar-refractivity contribution >= 4 is 11.8 Å². The Hall–Kier alpha value is -1.91. The number of carbonyl (C=O) groups is 1. The Kier molecular flexibility index (Phi) is 4.85. The van der Waals surface area contributed by atoms with E-state index in [1.807, 2.05) is 37.8 Å². The van der Waals surface area contributed by atoms with E-state index in [9.17, 15) is 4.79 Å². The normalized spacial score (nSPS) is 20.0. The van der Waals surface area contributed by atoms with E-state index < -0.39 is 5.60 Å². The van der Waals surface area contributed by atoms with Gasteiger partial charge in [-0.05, 0) is 57.6 Å². The molecular weight excluding hydrogens is 316 g/mol. The number of methoxy groups -OCH3 is 1. The zero-order valence-corrected chi connectivity index (χ0v) is 15.9. The molecule has 2 heterocycles. The highest BCUT2D eigenvalue weighted by Crippen LogP contribution is 2.43. The molecule has 5 nitrogen and oxygen atoms in total. The molecule has 5 heteroatoms. The molecule has 0 atom stereocenters. The van der Waals surface area contributed by atoms with Crippen LogP contribution in [0, 0.1) is 5.41 Å². The maximum Gasteiger partial charge on any atom is 0.410 e. The maximum absolute atomic E-state index is 12.3. The lowest BCUT2D eigenvalue weighted by Gasteiger charge is -2.39. The van der Waals surface area contributed by atoms with Crippen molar-refractivity contribution in [2.24, 2.45) is 5.41 Å². The predicted octanol–water partition coefficient (Wildman–Crippen LogP) is 3.92. The second-order valence-corrected chi connectivity index (χ2v) is 8.31. The Balaban J connectivity index is 1.60. The van der Waals surface area contributed by atoms with Crippen LogP contribution in [0.2, 0.25) is 0 Å². The first-order chi connectivity index (χ1) is 11.8. The van der Waals surface area contributed by atoms with Crippen LogP contribution in [0.4, 0.5) is 10.5 Å². The smallest absolute Gasteiger partial charge is 0.410 e. The van der Waals surface area contributed by atoms with Crippen molar-refractivity contribution in [1.29, 1.82) is 0 Å². The molecule has 1 spiro atoms. The number of para-hydroxylation sites is 2. The molecular formula is C20H30N2O3. The van der Waals surface area contributed by atoms with Crippen LogP contribution in [0.5, 0.6) is 5.75 Å². The fourth-order valence-electron chi connectivity index (χ4n) is 3.93. The van der Waals surface area contributed by atoms with Gasteiger partial charge in [0.05, 0.1) is 12.8 Å². The molecule has 2 fully saturated rings. The molecule has 1 aromatic rings. The Morgan fingerprint density at radius 2 is 1.72 bits per heavy atom. The molecule has 25 heavy (non-hydrogen) atoms. The summed E-state index contributed by atoms with van der Waals surface area (Å²) >= 11 is 0. The predicted molar refractivity (Wildman–Crippen MR) is 99.3 cm³/mol. The van der Waals surface area contributed by atoms with Gasteiger partial charge in [0, 0.05) is 26.2 Å². The average Bonchev–Trinajstić information content (AvgIpc) is 2.97. The lowest BCUT2D eigenvalue weighted by atomic mass is 9.78. The molecule has 0 saturated carbocycles. The van der Waals surface area contributed by atoms with Gasteiger partial charge >= 0.3 is 6.09 Å². The molecule has 0 aromatic heterocycles. The highest BCUT2D eigenvalue weighted by atomic mass is 16.6. The van der Waals surface area contributed by atoms with Crippen LogP contribution in [-0.4, -0.2) is 49.9 Å². The third-order valence-electron chi connectivity index (χ3n) is 5.34. The van der Waals surface area contributed by atoms with Gasteiger partial charge in [-0.3, -0.25) is 0 Å². The van der Waals surface area contributed by atoms with Crippen LogP contribution < -0.4 is 9.64 Å². The number of nitrogens with zero attached hydrogens (tertiary/aromatic N) is 2. The average molecular weight is 346 g/mol. The molecule has 2 aliphatic heterocycles. The topological polar surface area (TPSA) is 42.0 Å². The summed E-state index contributed by atoms with van der Waals surface area (Å²) in [5.74, 6) is 0.936. The van der Waals surface area contributed by atoms with Gasteiger partial charge in [0.25, 0.3) is 0 Å². The van der Waals surface area contributed by atoms with Gasteiger partial charge in [0.15, 0.2) is 0 Å². The molecule has 0 unspecified atom stereocenters. The van der Waals surface area contributed by atoms with E-state index in [0.29, 0.717) is 5.41 Å². The Bertz CT molecular complexity index is 616. The van der Waals surface area contributed by atoms with E-state index in [0.717, 1.165) is 44.8 Å². The number of anilines is 1. The quantitative estimate of drug-likeness (QED) is 0.814. The summed E-state index contributed by atoms with van der Waals surface area (Å²) in [6.07, 6.45) is 3.07. The number of ether oxygens (including phenoxy) is 2. The van der Waals surface area contributed by atoms with Gasteiger partial charge in [-0.15, -0.1) is 0 Å². The van der Waals surface area contributed by atoms with Crippen LogP contribution >= 0.6 is 0 Å². The summed E-state index contributed by atoms with van der Waals surface area (Å²) in [6, 6.07) is 8.22. The zero-order valence-electron chi connectivity index (χ0n) is 15.9. The van der Waals surface area contributed by atoms with Crippen molar-refractivity contribution in [2.45, 2.75) is 45.6 Å². The number of amides is 1. The minimum Gasteiger partial charge on any atom is -0.495 e. The third-order valence-corrected chi connectivity index (χ3v) is 5.34. The lowest BCUT2D eigenvalue weighted by Crippen LogP contribution is -2.46. The van der Waals surface area contributed by atoms with Crippen LogP contribution in [-0.2, 0) is 4.74 Å². The van der Waals surface area contributed by atoms with Crippen molar-refractivity contribution in [2.75, 3.05) is 38.2 Å². The van der Waals surface area contributed by atoms with E-state index in [4.69, 9.17) is 9.47 Å². The molecule has 2 aliphatic rings. The molecule has 0 aliphatic carbocycles. The van der Waals surface area contributed by atoms with Crippen molar-refractivity contribution in [3.63, 3.8) is 0 Å². The Morgan fingerprint density at radius 3 is 2.36 bits per heavy atom. The SMILES string of the molecule is COc1ccccc1N1CCC2(CCN(C(=O)OC(C)(C)C)CC2)C1. The number of carbonyl (C=O) groups excluding carboxylic acids is 1. The van der Waals surface area contributed by atoms with Gasteiger partial charge in [-0.1, -0.05) is 12.1 Å². The zero-order chi connectivity index (χ0) is 18.1. The van der Waals surface area contributed by atoms with Crippen molar-refractivity contribution in [3.05, 3.63) is 24.3 Å². The lowest BCUT2D eigenvalue weighted by molar-refractivity contribution is 0.0122. The summed E-state index contributed by atoms with van der Waals surface area (Å²) in [5, 5.41) is 0. The van der Waals surface area contributed by atoms with E-state index >= 15 is 0 Å². The van der Waals surface area contributed by atoms with Gasteiger partial charge in [-0.25, -0.2) is 4.79 Å². The molecule has 1 amide bonds. The number of likely N-dealkylation sites (tertiary alicyclic amines) is 1. The second kappa shape index (κ2) is 6.77. The van der Waals surface area contributed by atoms with Gasteiger partial charge in [0.2, 0.25) is 0 Å². The van der Waals surface area contributed by atoms with Crippen molar-refractivity contribution < 1.29 is 14.3 Å². The number of hydrogen-bond acceptors (Lipinski definition) is 4. The Morgan fingerprint density at radius 1 is 1.08 bits per heavy atom. The highest BCUT2D eigenvalue weighted by Gasteiger charge is 2.42. The van der Waals surface area contributed by atoms with Gasteiger partial charge < -0.3 is 19.3 Å². The molecule has 138 valence electrons. The van der Waals surface area contributed by atoms with Crippen molar-refractivity contribution in [1.82, 2.24) is 4.90 Å². The third kappa shape index (κ3) is 4.02. The summed E-state index contributed by atoms with van der Waals surface area (Å²) in [5.41, 5.74) is 1.05. The van der Waals surface area contributed by atoms with E-state index in [1.54, 1.807) is 7.11 Å². The fraction of sp³-hybridized carbons (Fsp3) is 0.650. The molecule has 0 N–H and O–H groups in total. The maximum atomic E-state index is 12.3. The van der Waals surface area contributed by atoms with Crippen LogP contribution in [0.15, 0.2) is 24.3 Å². The second-order valence-electron chi connectivity index (χ2n) is 8.31. The first kappa shape index (κ1) is 17.9. The van der Waals surface area contributed by atoms with E-state index in [1.165, 1.54) is 12.1 Å². The summed E-state index contributed by atoms with van der Waals surface area (Å²) in [7, 11) is 1.73. The minimum absolute atomic E-state index is 0.179. The summed E-state index contributed by atoms with van der Waals surface area (Å²) in [4.78, 5) is 16.6.